The van der Waals surface area contributed by atoms with Crippen LogP contribution in [-0.4, -0.2) is 47.5 Å². The number of hydrogen-bond donors (Lipinski definition) is 2. The second-order valence-corrected chi connectivity index (χ2v) is 4.12. The first-order chi connectivity index (χ1) is 9.95. The fourth-order valence-electron chi connectivity index (χ4n) is 1.64. The fraction of sp³-hybridized carbons (Fsp3) is 0.214. The number of rotatable bonds is 8. The van der Waals surface area contributed by atoms with Crippen LogP contribution in [0.1, 0.15) is 10.4 Å². The van der Waals surface area contributed by atoms with Crippen molar-refractivity contribution in [2.75, 3.05) is 19.7 Å². The lowest BCUT2D eigenvalue weighted by molar-refractivity contribution is -0.138. The summed E-state index contributed by atoms with van der Waals surface area (Å²) in [6.45, 7) is 2.59. The third-order valence-electron chi connectivity index (χ3n) is 2.43. The van der Waals surface area contributed by atoms with Crippen LogP contribution in [0.4, 0.5) is 0 Å². The monoisotopic (exact) mass is 292 g/mol. The van der Waals surface area contributed by atoms with E-state index in [4.69, 9.17) is 15.6 Å². The minimum atomic E-state index is -1.24. The van der Waals surface area contributed by atoms with Gasteiger partial charge in [0.05, 0.1) is 5.56 Å². The number of ether oxygens (including phenoxy) is 1. The Morgan fingerprint density at radius 1 is 1.29 bits per heavy atom. The maximum absolute atomic E-state index is 12.3. The Kier molecular flexibility index (Phi) is 5.94. The molecule has 2 amide bonds. The summed E-state index contributed by atoms with van der Waals surface area (Å²) in [5.41, 5.74) is 5.19. The van der Waals surface area contributed by atoms with Gasteiger partial charge in [0, 0.05) is 0 Å². The minimum Gasteiger partial charge on any atom is -0.489 e. The SMILES string of the molecule is C=CCOc1ccccc1C(=O)N(CC(N)=O)CC(=O)O. The third kappa shape index (κ3) is 4.98. The zero-order chi connectivity index (χ0) is 15.8. The van der Waals surface area contributed by atoms with Crippen LogP contribution in [0.25, 0.3) is 0 Å². The van der Waals surface area contributed by atoms with Crippen molar-refractivity contribution in [2.45, 2.75) is 0 Å². The molecule has 0 bridgehead atoms. The lowest BCUT2D eigenvalue weighted by Gasteiger charge is -2.20. The highest BCUT2D eigenvalue weighted by atomic mass is 16.5. The summed E-state index contributed by atoms with van der Waals surface area (Å²) in [7, 11) is 0. The molecule has 0 saturated carbocycles. The Morgan fingerprint density at radius 2 is 1.95 bits per heavy atom. The van der Waals surface area contributed by atoms with Crippen molar-refractivity contribution in [3.63, 3.8) is 0 Å². The first kappa shape index (κ1) is 16.2. The molecule has 1 rings (SSSR count). The van der Waals surface area contributed by atoms with E-state index >= 15 is 0 Å². The molecular weight excluding hydrogens is 276 g/mol. The average Bonchev–Trinajstić information content (AvgIpc) is 2.43. The van der Waals surface area contributed by atoms with Crippen molar-refractivity contribution < 1.29 is 24.2 Å². The lowest BCUT2D eigenvalue weighted by Crippen LogP contribution is -2.41. The number of amides is 2. The molecule has 0 spiro atoms. The van der Waals surface area contributed by atoms with Gasteiger partial charge in [0.15, 0.2) is 0 Å². The van der Waals surface area contributed by atoms with Crippen molar-refractivity contribution in [3.8, 4) is 5.75 Å². The number of aliphatic carboxylic acids is 1. The molecule has 0 atom stereocenters. The molecule has 7 heteroatoms. The van der Waals surface area contributed by atoms with E-state index in [2.05, 4.69) is 6.58 Å². The molecule has 21 heavy (non-hydrogen) atoms. The first-order valence-corrected chi connectivity index (χ1v) is 6.07. The van der Waals surface area contributed by atoms with Crippen LogP contribution < -0.4 is 10.5 Å². The average molecular weight is 292 g/mol. The van der Waals surface area contributed by atoms with Crippen LogP contribution in [0.2, 0.25) is 0 Å². The number of carboxylic acid groups (broad SMARTS) is 1. The lowest BCUT2D eigenvalue weighted by atomic mass is 10.1. The van der Waals surface area contributed by atoms with E-state index in [1.807, 2.05) is 0 Å². The third-order valence-corrected chi connectivity index (χ3v) is 2.43. The minimum absolute atomic E-state index is 0.154. The highest BCUT2D eigenvalue weighted by Gasteiger charge is 2.22. The Morgan fingerprint density at radius 3 is 2.52 bits per heavy atom. The quantitative estimate of drug-likeness (QED) is 0.668. The van der Waals surface area contributed by atoms with E-state index in [9.17, 15) is 14.4 Å². The number of para-hydroxylation sites is 1. The van der Waals surface area contributed by atoms with E-state index in [1.165, 1.54) is 12.1 Å². The molecule has 0 aromatic heterocycles. The highest BCUT2D eigenvalue weighted by Crippen LogP contribution is 2.20. The molecule has 0 fully saturated rings. The summed E-state index contributed by atoms with van der Waals surface area (Å²) in [6, 6.07) is 6.33. The first-order valence-electron chi connectivity index (χ1n) is 6.07. The molecule has 7 nitrogen and oxygen atoms in total. The predicted molar refractivity (Wildman–Crippen MR) is 74.9 cm³/mol. The largest absolute Gasteiger partial charge is 0.489 e. The van der Waals surface area contributed by atoms with Crippen molar-refractivity contribution >= 4 is 17.8 Å². The molecule has 0 aliphatic heterocycles. The molecule has 0 heterocycles. The van der Waals surface area contributed by atoms with E-state index in [-0.39, 0.29) is 17.9 Å². The molecule has 0 aliphatic rings. The maximum atomic E-state index is 12.3. The number of primary amides is 1. The standard InChI is InChI=1S/C14H16N2O5/c1-2-7-21-11-6-4-3-5-10(11)14(20)16(8-12(15)17)9-13(18)19/h2-6H,1,7-9H2,(H2,15,17)(H,18,19). The number of nitrogens with two attached hydrogens (primary N) is 1. The Labute approximate surface area is 121 Å². The Hall–Kier alpha value is -2.83. The second kappa shape index (κ2) is 7.68. The van der Waals surface area contributed by atoms with Crippen molar-refractivity contribution in [2.24, 2.45) is 5.73 Å². The van der Waals surface area contributed by atoms with Gasteiger partial charge in [-0.15, -0.1) is 0 Å². The van der Waals surface area contributed by atoms with Crippen LogP contribution >= 0.6 is 0 Å². The van der Waals surface area contributed by atoms with E-state index < -0.39 is 30.9 Å². The second-order valence-electron chi connectivity index (χ2n) is 4.12. The van der Waals surface area contributed by atoms with Gasteiger partial charge in [-0.1, -0.05) is 24.8 Å². The Bertz CT molecular complexity index is 540. The van der Waals surface area contributed by atoms with Crippen LogP contribution in [0.5, 0.6) is 5.75 Å². The highest BCUT2D eigenvalue weighted by molar-refractivity contribution is 6.00. The summed E-state index contributed by atoms with van der Waals surface area (Å²) < 4.78 is 5.34. The van der Waals surface area contributed by atoms with Gasteiger partial charge in [-0.2, -0.15) is 0 Å². The van der Waals surface area contributed by atoms with Crippen LogP contribution in [0, 0.1) is 0 Å². The van der Waals surface area contributed by atoms with Crippen molar-refractivity contribution in [3.05, 3.63) is 42.5 Å². The van der Waals surface area contributed by atoms with Gasteiger partial charge >= 0.3 is 5.97 Å². The number of carbonyl (C=O) groups is 3. The Balaban J connectivity index is 3.04. The van der Waals surface area contributed by atoms with E-state index in [0.717, 1.165) is 4.90 Å². The number of carboxylic acids is 1. The van der Waals surface area contributed by atoms with E-state index in [1.54, 1.807) is 18.2 Å². The van der Waals surface area contributed by atoms with Crippen LogP contribution in [-0.2, 0) is 9.59 Å². The topological polar surface area (TPSA) is 110 Å². The summed E-state index contributed by atoms with van der Waals surface area (Å²) in [5.74, 6) is -2.40. The van der Waals surface area contributed by atoms with Crippen molar-refractivity contribution in [1.82, 2.24) is 4.90 Å². The molecule has 3 N–H and O–H groups in total. The molecule has 0 unspecified atom stereocenters. The smallest absolute Gasteiger partial charge is 0.323 e. The van der Waals surface area contributed by atoms with E-state index in [0.29, 0.717) is 0 Å². The molecular formula is C14H16N2O5. The molecule has 0 saturated heterocycles. The molecule has 1 aromatic rings. The number of benzene rings is 1. The summed E-state index contributed by atoms with van der Waals surface area (Å²) in [6.07, 6.45) is 1.51. The van der Waals surface area contributed by atoms with Gasteiger partial charge in [0.25, 0.3) is 5.91 Å². The van der Waals surface area contributed by atoms with Gasteiger partial charge in [0.2, 0.25) is 5.91 Å². The van der Waals surface area contributed by atoms with Gasteiger partial charge in [-0.3, -0.25) is 14.4 Å². The number of nitrogens with zero attached hydrogens (tertiary/aromatic N) is 1. The normalized spacial score (nSPS) is 9.71. The summed E-state index contributed by atoms with van der Waals surface area (Å²) >= 11 is 0. The molecule has 112 valence electrons. The van der Waals surface area contributed by atoms with Gasteiger partial charge in [0.1, 0.15) is 25.4 Å². The van der Waals surface area contributed by atoms with Crippen LogP contribution in [0.15, 0.2) is 36.9 Å². The maximum Gasteiger partial charge on any atom is 0.323 e. The summed E-state index contributed by atoms with van der Waals surface area (Å²) in [4.78, 5) is 35.0. The zero-order valence-corrected chi connectivity index (χ0v) is 11.3. The van der Waals surface area contributed by atoms with Gasteiger partial charge in [-0.25, -0.2) is 0 Å². The zero-order valence-electron chi connectivity index (χ0n) is 11.3. The molecule has 1 aromatic carbocycles. The number of hydrogen-bond acceptors (Lipinski definition) is 4. The predicted octanol–water partition coefficient (Wildman–Crippen LogP) is 0.263. The molecule has 0 aliphatic carbocycles. The number of carbonyl (C=O) groups excluding carboxylic acids is 2. The van der Waals surface area contributed by atoms with Crippen molar-refractivity contribution in [1.29, 1.82) is 0 Å². The van der Waals surface area contributed by atoms with Crippen LogP contribution in [0.3, 0.4) is 0 Å². The fourth-order valence-corrected chi connectivity index (χ4v) is 1.64. The van der Waals surface area contributed by atoms with Gasteiger partial charge < -0.3 is 20.5 Å². The molecule has 0 radical (unpaired) electrons. The van der Waals surface area contributed by atoms with Gasteiger partial charge in [-0.05, 0) is 12.1 Å². The summed E-state index contributed by atoms with van der Waals surface area (Å²) in [5, 5.41) is 8.81.